The molecule has 1 heterocycles. The Hall–Kier alpha value is -1.68. The van der Waals surface area contributed by atoms with Crippen LogP contribution in [0.1, 0.15) is 35.8 Å². The summed E-state index contributed by atoms with van der Waals surface area (Å²) in [4.78, 5) is 4.38. The van der Waals surface area contributed by atoms with E-state index in [9.17, 15) is 0 Å². The zero-order valence-corrected chi connectivity index (χ0v) is 10.4. The molecule has 4 heteroatoms. The molecule has 1 aromatic heterocycles. The summed E-state index contributed by atoms with van der Waals surface area (Å²) < 4.78 is 5.21. The van der Waals surface area contributed by atoms with E-state index >= 15 is 0 Å². The van der Waals surface area contributed by atoms with Gasteiger partial charge in [0, 0.05) is 6.42 Å². The highest BCUT2D eigenvalue weighted by molar-refractivity contribution is 5.27. The van der Waals surface area contributed by atoms with E-state index in [1.54, 1.807) is 0 Å². The number of benzene rings is 1. The molecule has 0 aliphatic heterocycles. The third-order valence-electron chi connectivity index (χ3n) is 2.90. The highest BCUT2D eigenvalue weighted by atomic mass is 16.5. The molecule has 2 aromatic rings. The molecule has 0 spiro atoms. The van der Waals surface area contributed by atoms with Crippen molar-refractivity contribution in [2.75, 3.05) is 7.05 Å². The first-order chi connectivity index (χ1) is 8.20. The molecule has 2 rings (SSSR count). The maximum atomic E-state index is 5.21. The second-order valence-corrected chi connectivity index (χ2v) is 4.16. The van der Waals surface area contributed by atoms with Crippen molar-refractivity contribution in [3.05, 3.63) is 47.1 Å². The summed E-state index contributed by atoms with van der Waals surface area (Å²) in [5.41, 5.74) is 2.48. The zero-order chi connectivity index (χ0) is 12.3. The molecule has 0 bridgehead atoms. The van der Waals surface area contributed by atoms with Crippen molar-refractivity contribution in [2.45, 2.75) is 26.3 Å². The van der Waals surface area contributed by atoms with Crippen LogP contribution in [0.25, 0.3) is 0 Å². The Morgan fingerprint density at radius 3 is 2.82 bits per heavy atom. The monoisotopic (exact) mass is 231 g/mol. The molecule has 1 unspecified atom stereocenters. The number of nitrogens with one attached hydrogen (secondary N) is 1. The Kier molecular flexibility index (Phi) is 3.54. The molecule has 0 saturated carbocycles. The van der Waals surface area contributed by atoms with Crippen molar-refractivity contribution in [3.8, 4) is 0 Å². The van der Waals surface area contributed by atoms with Gasteiger partial charge in [-0.3, -0.25) is 0 Å². The maximum Gasteiger partial charge on any atom is 0.243 e. The highest BCUT2D eigenvalue weighted by Crippen LogP contribution is 2.14. The van der Waals surface area contributed by atoms with Crippen LogP contribution < -0.4 is 5.32 Å². The third-order valence-corrected chi connectivity index (χ3v) is 2.90. The fourth-order valence-electron chi connectivity index (χ4n) is 1.62. The van der Waals surface area contributed by atoms with E-state index in [1.165, 1.54) is 11.1 Å². The summed E-state index contributed by atoms with van der Waals surface area (Å²) in [5, 5.41) is 7.07. The molecule has 1 atom stereocenters. The summed E-state index contributed by atoms with van der Waals surface area (Å²) in [6, 6.07) is 8.33. The Labute approximate surface area is 101 Å². The molecule has 0 amide bonds. The highest BCUT2D eigenvalue weighted by Gasteiger charge is 2.12. The minimum atomic E-state index is 0.0909. The summed E-state index contributed by atoms with van der Waals surface area (Å²) in [5.74, 6) is 1.37. The Morgan fingerprint density at radius 2 is 2.12 bits per heavy atom. The maximum absolute atomic E-state index is 5.21. The van der Waals surface area contributed by atoms with Gasteiger partial charge in [0.1, 0.15) is 0 Å². The lowest BCUT2D eigenvalue weighted by molar-refractivity contribution is 0.344. The average Bonchev–Trinajstić information content (AvgIpc) is 2.80. The molecular weight excluding hydrogens is 214 g/mol. The molecule has 0 saturated heterocycles. The fraction of sp³-hybridized carbons (Fsp3) is 0.385. The van der Waals surface area contributed by atoms with Gasteiger partial charge in [-0.2, -0.15) is 4.98 Å². The van der Waals surface area contributed by atoms with Gasteiger partial charge in [-0.1, -0.05) is 29.4 Å². The topological polar surface area (TPSA) is 51.0 Å². The summed E-state index contributed by atoms with van der Waals surface area (Å²) in [6.07, 6.45) is 0.715. The van der Waals surface area contributed by atoms with E-state index in [1.807, 2.05) is 26.1 Å². The second kappa shape index (κ2) is 5.10. The van der Waals surface area contributed by atoms with E-state index in [0.29, 0.717) is 12.3 Å². The van der Waals surface area contributed by atoms with Gasteiger partial charge in [-0.05, 0) is 32.0 Å². The van der Waals surface area contributed by atoms with Crippen molar-refractivity contribution < 1.29 is 4.52 Å². The van der Waals surface area contributed by atoms with Crippen molar-refractivity contribution in [1.29, 1.82) is 0 Å². The van der Waals surface area contributed by atoms with Gasteiger partial charge in [-0.15, -0.1) is 0 Å². The third kappa shape index (κ3) is 2.71. The SMILES string of the molecule is CNC(C)c1nc(Cc2ccccc2C)no1. The number of rotatable bonds is 4. The van der Waals surface area contributed by atoms with Crippen LogP contribution in [0.5, 0.6) is 0 Å². The molecule has 0 aliphatic carbocycles. The van der Waals surface area contributed by atoms with E-state index < -0.39 is 0 Å². The molecule has 1 aromatic carbocycles. The number of aryl methyl sites for hydroxylation is 1. The van der Waals surface area contributed by atoms with Crippen LogP contribution in [-0.2, 0) is 6.42 Å². The average molecular weight is 231 g/mol. The van der Waals surface area contributed by atoms with Gasteiger partial charge in [0.2, 0.25) is 5.89 Å². The summed E-state index contributed by atoms with van der Waals surface area (Å²) in [6.45, 7) is 4.08. The molecule has 4 nitrogen and oxygen atoms in total. The van der Waals surface area contributed by atoms with Crippen LogP contribution >= 0.6 is 0 Å². The minimum Gasteiger partial charge on any atom is -0.338 e. The molecule has 1 N–H and O–H groups in total. The molecule has 0 radical (unpaired) electrons. The molecular formula is C13H17N3O. The summed E-state index contributed by atoms with van der Waals surface area (Å²) >= 11 is 0. The van der Waals surface area contributed by atoms with E-state index in [4.69, 9.17) is 4.52 Å². The van der Waals surface area contributed by atoms with Gasteiger partial charge >= 0.3 is 0 Å². The first kappa shape index (κ1) is 11.8. The number of nitrogens with zero attached hydrogens (tertiary/aromatic N) is 2. The van der Waals surface area contributed by atoms with Crippen molar-refractivity contribution in [3.63, 3.8) is 0 Å². The first-order valence-electron chi connectivity index (χ1n) is 5.75. The largest absolute Gasteiger partial charge is 0.338 e. The van der Waals surface area contributed by atoms with E-state index in [2.05, 4.69) is 34.5 Å². The second-order valence-electron chi connectivity index (χ2n) is 4.16. The Balaban J connectivity index is 2.14. The van der Waals surface area contributed by atoms with Gasteiger partial charge < -0.3 is 9.84 Å². The lowest BCUT2D eigenvalue weighted by Gasteiger charge is -2.02. The van der Waals surface area contributed by atoms with Gasteiger partial charge in [0.15, 0.2) is 5.82 Å². The van der Waals surface area contributed by atoms with Crippen LogP contribution in [0.3, 0.4) is 0 Å². The summed E-state index contributed by atoms with van der Waals surface area (Å²) in [7, 11) is 1.87. The zero-order valence-electron chi connectivity index (χ0n) is 10.4. The van der Waals surface area contributed by atoms with Gasteiger partial charge in [0.05, 0.1) is 6.04 Å². The molecule has 0 fully saturated rings. The number of hydrogen-bond donors (Lipinski definition) is 1. The standard InChI is InChI=1S/C13H17N3O/c1-9-6-4-5-7-11(9)8-12-15-13(17-16-12)10(2)14-3/h4-7,10,14H,8H2,1-3H3. The lowest BCUT2D eigenvalue weighted by Crippen LogP contribution is -2.12. The molecule has 17 heavy (non-hydrogen) atoms. The first-order valence-corrected chi connectivity index (χ1v) is 5.75. The smallest absolute Gasteiger partial charge is 0.243 e. The van der Waals surface area contributed by atoms with Crippen molar-refractivity contribution in [1.82, 2.24) is 15.5 Å². The van der Waals surface area contributed by atoms with Gasteiger partial charge in [0.25, 0.3) is 0 Å². The van der Waals surface area contributed by atoms with Crippen LogP contribution in [0.15, 0.2) is 28.8 Å². The normalized spacial score (nSPS) is 12.6. The van der Waals surface area contributed by atoms with Crippen LogP contribution in [0.4, 0.5) is 0 Å². The number of hydrogen-bond acceptors (Lipinski definition) is 4. The Bertz CT molecular complexity index is 493. The molecule has 0 aliphatic rings. The van der Waals surface area contributed by atoms with Crippen molar-refractivity contribution in [2.24, 2.45) is 0 Å². The van der Waals surface area contributed by atoms with E-state index in [-0.39, 0.29) is 6.04 Å². The van der Waals surface area contributed by atoms with E-state index in [0.717, 1.165) is 5.82 Å². The quantitative estimate of drug-likeness (QED) is 0.876. The number of aromatic nitrogens is 2. The predicted molar refractivity (Wildman–Crippen MR) is 65.8 cm³/mol. The van der Waals surface area contributed by atoms with Crippen LogP contribution in [-0.4, -0.2) is 17.2 Å². The van der Waals surface area contributed by atoms with Gasteiger partial charge in [-0.25, -0.2) is 0 Å². The van der Waals surface area contributed by atoms with Crippen molar-refractivity contribution >= 4 is 0 Å². The Morgan fingerprint density at radius 1 is 1.35 bits per heavy atom. The molecule has 90 valence electrons. The van der Waals surface area contributed by atoms with Crippen LogP contribution in [0, 0.1) is 6.92 Å². The lowest BCUT2D eigenvalue weighted by atomic mass is 10.1. The minimum absolute atomic E-state index is 0.0909. The predicted octanol–water partition coefficient (Wildman–Crippen LogP) is 2.25. The van der Waals surface area contributed by atoms with Crippen LogP contribution in [0.2, 0.25) is 0 Å². The fourth-order valence-corrected chi connectivity index (χ4v) is 1.62.